The van der Waals surface area contributed by atoms with Gasteiger partial charge in [0.25, 0.3) is 0 Å². The van der Waals surface area contributed by atoms with Crippen molar-refractivity contribution in [1.29, 1.82) is 0 Å². The highest BCUT2D eigenvalue weighted by molar-refractivity contribution is 9.10. The number of benzene rings is 3. The summed E-state index contributed by atoms with van der Waals surface area (Å²) in [4.78, 5) is 12.5. The second-order valence-corrected chi connectivity index (χ2v) is 12.2. The van der Waals surface area contributed by atoms with Crippen LogP contribution in [0.5, 0.6) is 11.5 Å². The molecule has 12 heteroatoms. The Morgan fingerprint density at radius 3 is 2.44 bits per heavy atom. The molecule has 4 aromatic rings. The fraction of sp³-hybridized carbons (Fsp3) is 0.364. The molecule has 0 bridgehead atoms. The van der Waals surface area contributed by atoms with Gasteiger partial charge in [0.1, 0.15) is 11.9 Å². The van der Waals surface area contributed by atoms with Crippen LogP contribution in [0.2, 0.25) is 0 Å². The van der Waals surface area contributed by atoms with Crippen LogP contribution >= 0.6 is 15.9 Å². The lowest BCUT2D eigenvalue weighted by atomic mass is 9.91. The summed E-state index contributed by atoms with van der Waals surface area (Å²) >= 11 is 3.38. The van der Waals surface area contributed by atoms with Crippen LogP contribution < -0.4 is 9.47 Å². The Labute approximate surface area is 266 Å². The third-order valence-corrected chi connectivity index (χ3v) is 8.69. The molecule has 0 aliphatic carbocycles. The molecule has 0 saturated carbocycles. The van der Waals surface area contributed by atoms with Crippen molar-refractivity contribution in [2.75, 3.05) is 26.7 Å². The molecule has 1 aliphatic rings. The van der Waals surface area contributed by atoms with E-state index in [1.807, 2.05) is 0 Å². The third kappa shape index (κ3) is 7.29. The molecule has 45 heavy (non-hydrogen) atoms. The van der Waals surface area contributed by atoms with Gasteiger partial charge >= 0.3 is 12.1 Å². The lowest BCUT2D eigenvalue weighted by Gasteiger charge is -2.39. The summed E-state index contributed by atoms with van der Waals surface area (Å²) in [6.45, 7) is -0.192. The van der Waals surface area contributed by atoms with Crippen molar-refractivity contribution in [3.63, 3.8) is 0 Å². The van der Waals surface area contributed by atoms with Crippen LogP contribution in [0.15, 0.2) is 71.3 Å². The van der Waals surface area contributed by atoms with Crippen LogP contribution in [0.3, 0.4) is 0 Å². The second kappa shape index (κ2) is 13.4. The van der Waals surface area contributed by atoms with Crippen molar-refractivity contribution < 1.29 is 42.0 Å². The van der Waals surface area contributed by atoms with Crippen molar-refractivity contribution in [1.82, 2.24) is 9.47 Å². The van der Waals surface area contributed by atoms with Gasteiger partial charge in [-0.3, -0.25) is 9.69 Å². The number of carboxylic acid groups (broad SMARTS) is 1. The summed E-state index contributed by atoms with van der Waals surface area (Å²) in [6.07, 6.45) is -2.86. The Hall–Kier alpha value is -3.61. The fourth-order valence-corrected chi connectivity index (χ4v) is 6.12. The van der Waals surface area contributed by atoms with E-state index in [2.05, 4.69) is 15.9 Å². The summed E-state index contributed by atoms with van der Waals surface area (Å²) in [5.74, 6) is -0.459. The summed E-state index contributed by atoms with van der Waals surface area (Å²) in [5, 5.41) is 20.7. The summed E-state index contributed by atoms with van der Waals surface area (Å²) < 4.78 is 72.6. The van der Waals surface area contributed by atoms with Crippen LogP contribution in [0.1, 0.15) is 36.0 Å². The van der Waals surface area contributed by atoms with Gasteiger partial charge < -0.3 is 24.3 Å². The van der Waals surface area contributed by atoms with Gasteiger partial charge in [-0.25, -0.2) is 4.39 Å². The average Bonchev–Trinajstić information content (AvgIpc) is 3.35. The predicted molar refractivity (Wildman–Crippen MR) is 164 cm³/mol. The summed E-state index contributed by atoms with van der Waals surface area (Å²) in [7, 11) is 1.48. The predicted octanol–water partition coefficient (Wildman–Crippen LogP) is 6.91. The molecular weight excluding hydrogens is 660 g/mol. The molecule has 0 radical (unpaired) electrons. The number of fused-ring (bicyclic) bond motifs is 1. The van der Waals surface area contributed by atoms with Gasteiger partial charge in [-0.2, -0.15) is 13.2 Å². The van der Waals surface area contributed by atoms with Crippen LogP contribution in [-0.2, 0) is 23.4 Å². The van der Waals surface area contributed by atoms with E-state index >= 15 is 0 Å². The Morgan fingerprint density at radius 1 is 1.04 bits per heavy atom. The number of aliphatic hydroxyl groups is 1. The quantitative estimate of drug-likeness (QED) is 0.166. The van der Waals surface area contributed by atoms with E-state index in [1.165, 1.54) is 30.0 Å². The van der Waals surface area contributed by atoms with Gasteiger partial charge in [-0.15, -0.1) is 0 Å². The van der Waals surface area contributed by atoms with Gasteiger partial charge in [0.2, 0.25) is 5.60 Å². The van der Waals surface area contributed by atoms with Gasteiger partial charge in [-0.05, 0) is 55.2 Å². The molecule has 1 atom stereocenters. The number of carbonyl (C=O) groups is 1. The maximum atomic E-state index is 14.8. The van der Waals surface area contributed by atoms with E-state index in [9.17, 15) is 27.5 Å². The zero-order valence-electron chi connectivity index (χ0n) is 24.5. The number of β-amino-alcohol motifs (C(OH)–C–C–N with tert-alkyl or cyclic N) is 1. The molecule has 7 nitrogen and oxygen atoms in total. The van der Waals surface area contributed by atoms with E-state index in [0.29, 0.717) is 46.3 Å². The second-order valence-electron chi connectivity index (χ2n) is 11.3. The number of aromatic nitrogens is 1. The monoisotopic (exact) mass is 692 g/mol. The number of hydrogen-bond donors (Lipinski definition) is 2. The molecule has 1 aliphatic heterocycles. The number of hydrogen-bond acceptors (Lipinski definition) is 5. The average molecular weight is 694 g/mol. The largest absolute Gasteiger partial charge is 0.493 e. The van der Waals surface area contributed by atoms with Gasteiger partial charge in [0.15, 0.2) is 11.5 Å². The zero-order valence-corrected chi connectivity index (χ0v) is 26.1. The minimum absolute atomic E-state index is 0.0136. The number of ether oxygens (including phenoxy) is 2. The van der Waals surface area contributed by atoms with E-state index in [1.54, 1.807) is 53.4 Å². The Morgan fingerprint density at radius 2 is 1.78 bits per heavy atom. The van der Waals surface area contributed by atoms with Crippen molar-refractivity contribution in [3.05, 3.63) is 93.8 Å². The van der Waals surface area contributed by atoms with Gasteiger partial charge in [0, 0.05) is 58.8 Å². The van der Waals surface area contributed by atoms with E-state index in [-0.39, 0.29) is 43.1 Å². The molecule has 3 aromatic carbocycles. The Balaban J connectivity index is 1.34. The van der Waals surface area contributed by atoms with Crippen molar-refractivity contribution in [2.24, 2.45) is 0 Å². The van der Waals surface area contributed by atoms with E-state index in [0.717, 1.165) is 5.56 Å². The number of rotatable bonds is 11. The fourth-order valence-electron chi connectivity index (χ4n) is 5.77. The SMILES string of the molecule is COc1cc(CCC(=O)O)ccc1OC1CCN(CC(O)(c2cn(Cc3ccccc3F)c3cc(Br)ccc23)C(F)(F)F)CC1. The topological polar surface area (TPSA) is 84.2 Å². The van der Waals surface area contributed by atoms with Crippen LogP contribution in [0.25, 0.3) is 10.9 Å². The number of likely N-dealkylation sites (tertiary alicyclic amines) is 1. The highest BCUT2D eigenvalue weighted by Crippen LogP contribution is 2.44. The summed E-state index contributed by atoms with van der Waals surface area (Å²) in [5.41, 5.74) is -1.96. The first-order chi connectivity index (χ1) is 21.4. The van der Waals surface area contributed by atoms with E-state index in [4.69, 9.17) is 14.6 Å². The number of alkyl halides is 3. The number of aryl methyl sites for hydroxylation is 1. The molecule has 0 amide bonds. The molecule has 2 heterocycles. The molecule has 0 spiro atoms. The molecule has 2 N–H and O–H groups in total. The molecule has 5 rings (SSSR count). The van der Waals surface area contributed by atoms with Crippen molar-refractivity contribution in [3.8, 4) is 11.5 Å². The Bertz CT molecular complexity index is 1670. The zero-order chi connectivity index (χ0) is 32.4. The minimum Gasteiger partial charge on any atom is -0.493 e. The number of nitrogens with zero attached hydrogens (tertiary/aromatic N) is 2. The summed E-state index contributed by atoms with van der Waals surface area (Å²) in [6, 6.07) is 16.1. The number of piperidine rings is 1. The van der Waals surface area contributed by atoms with Crippen LogP contribution in [-0.4, -0.2) is 64.7 Å². The molecular formula is C33H33BrF4N2O5. The smallest absolute Gasteiger partial charge is 0.422 e. The molecule has 1 unspecified atom stereocenters. The number of methoxy groups -OCH3 is 1. The number of aliphatic carboxylic acids is 1. The highest BCUT2D eigenvalue weighted by atomic mass is 79.9. The van der Waals surface area contributed by atoms with Crippen LogP contribution in [0, 0.1) is 5.82 Å². The molecule has 1 saturated heterocycles. The minimum atomic E-state index is -5.00. The maximum absolute atomic E-state index is 14.8. The molecule has 1 aromatic heterocycles. The standard InChI is InChI=1S/C33H33BrF4N2O5/c1-44-30-16-21(7-11-31(41)42)6-10-29(30)45-24-12-14-39(15-13-24)20-32(43,33(36,37)38)26-19-40(18-22-4-2-3-5-27(22)35)28-17-23(34)8-9-25(26)28/h2-6,8-10,16-17,19,24,43H,7,11-15,18,20H2,1H3,(H,41,42). The van der Waals surface area contributed by atoms with Gasteiger partial charge in [-0.1, -0.05) is 46.3 Å². The maximum Gasteiger partial charge on any atom is 0.422 e. The lowest BCUT2D eigenvalue weighted by Crippen LogP contribution is -2.53. The first-order valence-electron chi connectivity index (χ1n) is 14.5. The number of halogens is 5. The van der Waals surface area contributed by atoms with E-state index < -0.39 is 30.1 Å². The molecule has 1 fully saturated rings. The Kier molecular flexibility index (Phi) is 9.76. The van der Waals surface area contributed by atoms with Crippen molar-refractivity contribution in [2.45, 2.75) is 50.1 Å². The normalized spacial score (nSPS) is 16.1. The van der Waals surface area contributed by atoms with Crippen molar-refractivity contribution >= 4 is 32.8 Å². The third-order valence-electron chi connectivity index (χ3n) is 8.19. The first-order valence-corrected chi connectivity index (χ1v) is 15.3. The lowest BCUT2D eigenvalue weighted by molar-refractivity contribution is -0.272. The highest BCUT2D eigenvalue weighted by Gasteiger charge is 2.57. The number of carboxylic acids is 1. The van der Waals surface area contributed by atoms with Crippen LogP contribution in [0.4, 0.5) is 17.6 Å². The molecule has 240 valence electrons. The van der Waals surface area contributed by atoms with Gasteiger partial charge in [0.05, 0.1) is 13.7 Å². The first kappa shape index (κ1) is 32.8.